The van der Waals surface area contributed by atoms with E-state index < -0.39 is 0 Å². The lowest BCUT2D eigenvalue weighted by Crippen LogP contribution is -2.08. The number of aromatic nitrogens is 1. The fourth-order valence-corrected chi connectivity index (χ4v) is 2.84. The van der Waals surface area contributed by atoms with Crippen molar-refractivity contribution in [2.75, 3.05) is 12.4 Å². The van der Waals surface area contributed by atoms with E-state index in [4.69, 9.17) is 21.1 Å². The van der Waals surface area contributed by atoms with Crippen LogP contribution < -0.4 is 14.8 Å². The van der Waals surface area contributed by atoms with Crippen LogP contribution in [-0.4, -0.2) is 18.0 Å². The number of benzene rings is 2. The molecule has 0 saturated carbocycles. The number of hydrogen-bond acceptors (Lipinski definition) is 4. The molecule has 0 atom stereocenters. The summed E-state index contributed by atoms with van der Waals surface area (Å²) in [4.78, 5) is 15.4. The van der Waals surface area contributed by atoms with Gasteiger partial charge in [-0.15, -0.1) is 0 Å². The molecule has 0 aliphatic heterocycles. The van der Waals surface area contributed by atoms with Crippen molar-refractivity contribution in [1.82, 2.24) is 4.98 Å². The molecule has 1 aromatic heterocycles. The molecular formula is C19H17ClN2O3. The maximum absolute atomic E-state index is 11.3. The first kappa shape index (κ1) is 17.0. The van der Waals surface area contributed by atoms with Gasteiger partial charge >= 0.3 is 0 Å². The highest BCUT2D eigenvalue weighted by Gasteiger charge is 2.15. The van der Waals surface area contributed by atoms with Crippen molar-refractivity contribution in [3.05, 3.63) is 59.4 Å². The fraction of sp³-hybridized carbons (Fsp3) is 0.158. The molecule has 2 aromatic carbocycles. The van der Waals surface area contributed by atoms with Crippen LogP contribution in [0.5, 0.6) is 11.5 Å². The van der Waals surface area contributed by atoms with Gasteiger partial charge in [0.25, 0.3) is 0 Å². The Morgan fingerprint density at radius 3 is 2.80 bits per heavy atom. The van der Waals surface area contributed by atoms with Gasteiger partial charge in [-0.2, -0.15) is 0 Å². The molecule has 5 nitrogen and oxygen atoms in total. The number of nitrogens with one attached hydrogen (secondary N) is 1. The number of fused-ring (bicyclic) bond motifs is 1. The van der Waals surface area contributed by atoms with Crippen molar-refractivity contribution in [3.63, 3.8) is 0 Å². The summed E-state index contributed by atoms with van der Waals surface area (Å²) in [5.41, 5.74) is 1.19. The van der Waals surface area contributed by atoms with Gasteiger partial charge in [-0.25, -0.2) is 0 Å². The monoisotopic (exact) mass is 356 g/mol. The fourth-order valence-electron chi connectivity index (χ4n) is 2.58. The minimum atomic E-state index is -0.194. The van der Waals surface area contributed by atoms with Crippen molar-refractivity contribution >= 4 is 34.0 Å². The smallest absolute Gasteiger partial charge is 0.221 e. The number of hydrogen-bond donors (Lipinski definition) is 1. The Morgan fingerprint density at radius 2 is 2.04 bits per heavy atom. The largest absolute Gasteiger partial charge is 0.496 e. The summed E-state index contributed by atoms with van der Waals surface area (Å²) in [6, 6.07) is 11.1. The summed E-state index contributed by atoms with van der Waals surface area (Å²) in [5.74, 6) is 1.13. The summed E-state index contributed by atoms with van der Waals surface area (Å²) in [6.07, 6.45) is 3.51. The second kappa shape index (κ2) is 7.40. The molecule has 128 valence electrons. The van der Waals surface area contributed by atoms with Crippen LogP contribution in [0.2, 0.25) is 5.02 Å². The van der Waals surface area contributed by atoms with E-state index in [0.717, 1.165) is 16.5 Å². The first-order valence-corrected chi connectivity index (χ1v) is 8.06. The maximum atomic E-state index is 11.3. The van der Waals surface area contributed by atoms with Gasteiger partial charge in [0, 0.05) is 30.1 Å². The highest BCUT2D eigenvalue weighted by Crippen LogP contribution is 2.35. The Bertz CT molecular complexity index is 922. The van der Waals surface area contributed by atoms with Crippen molar-refractivity contribution in [3.8, 4) is 11.5 Å². The molecule has 0 fully saturated rings. The summed E-state index contributed by atoms with van der Waals surface area (Å²) in [5, 5.41) is 5.06. The molecule has 0 unspecified atom stereocenters. The summed E-state index contributed by atoms with van der Waals surface area (Å²) < 4.78 is 11.4. The number of amides is 1. The normalized spacial score (nSPS) is 10.5. The zero-order valence-corrected chi connectivity index (χ0v) is 14.6. The topological polar surface area (TPSA) is 60.5 Å². The number of nitrogens with zero attached hydrogens (tertiary/aromatic N) is 1. The van der Waals surface area contributed by atoms with E-state index in [1.165, 1.54) is 6.92 Å². The number of pyridine rings is 1. The van der Waals surface area contributed by atoms with Crippen molar-refractivity contribution < 1.29 is 14.3 Å². The lowest BCUT2D eigenvalue weighted by Gasteiger charge is -2.16. The number of carbonyl (C=O) groups is 1. The molecule has 0 saturated heterocycles. The van der Waals surface area contributed by atoms with Crippen LogP contribution in [0.3, 0.4) is 0 Å². The third-order valence-corrected chi connectivity index (χ3v) is 4.18. The van der Waals surface area contributed by atoms with E-state index in [-0.39, 0.29) is 12.5 Å². The number of anilines is 1. The molecule has 1 heterocycles. The molecule has 0 aliphatic rings. The van der Waals surface area contributed by atoms with Gasteiger partial charge in [-0.1, -0.05) is 23.7 Å². The van der Waals surface area contributed by atoms with Crippen LogP contribution in [0.25, 0.3) is 10.8 Å². The predicted molar refractivity (Wildman–Crippen MR) is 98.4 cm³/mol. The summed E-state index contributed by atoms with van der Waals surface area (Å²) >= 11 is 6.44. The summed E-state index contributed by atoms with van der Waals surface area (Å²) in [6.45, 7) is 1.64. The zero-order chi connectivity index (χ0) is 17.8. The molecule has 0 aliphatic carbocycles. The number of methoxy groups -OCH3 is 1. The molecule has 6 heteroatoms. The van der Waals surface area contributed by atoms with E-state index >= 15 is 0 Å². The van der Waals surface area contributed by atoms with Crippen LogP contribution >= 0.6 is 11.6 Å². The Hall–Kier alpha value is -2.79. The van der Waals surface area contributed by atoms with Gasteiger partial charge in [0.15, 0.2) is 0 Å². The number of rotatable bonds is 5. The Morgan fingerprint density at radius 1 is 1.20 bits per heavy atom. The van der Waals surface area contributed by atoms with Gasteiger partial charge in [-0.3, -0.25) is 9.78 Å². The van der Waals surface area contributed by atoms with E-state index in [1.54, 1.807) is 31.6 Å². The number of ether oxygens (including phenoxy) is 2. The average Bonchev–Trinajstić information content (AvgIpc) is 2.62. The zero-order valence-electron chi connectivity index (χ0n) is 13.9. The molecule has 0 radical (unpaired) electrons. The van der Waals surface area contributed by atoms with Gasteiger partial charge in [0.05, 0.1) is 23.4 Å². The molecule has 0 spiro atoms. The quantitative estimate of drug-likeness (QED) is 0.734. The molecule has 1 amide bonds. The number of carbonyl (C=O) groups excluding carboxylic acids is 1. The Balaban J connectivity index is 1.92. The lowest BCUT2D eigenvalue weighted by atomic mass is 10.1. The van der Waals surface area contributed by atoms with Crippen molar-refractivity contribution in [2.45, 2.75) is 13.5 Å². The minimum absolute atomic E-state index is 0.194. The molecule has 25 heavy (non-hydrogen) atoms. The Kier molecular flexibility index (Phi) is 5.05. The molecule has 1 N–H and O–H groups in total. The third kappa shape index (κ3) is 3.67. The van der Waals surface area contributed by atoms with E-state index in [1.807, 2.05) is 24.3 Å². The SMILES string of the molecule is COc1ccc(NC(C)=O)c(Cl)c1COc1cccc2cnccc12. The van der Waals surface area contributed by atoms with Gasteiger partial charge < -0.3 is 14.8 Å². The first-order valence-electron chi connectivity index (χ1n) is 7.68. The molecule has 0 bridgehead atoms. The van der Waals surface area contributed by atoms with Crippen LogP contribution in [0.1, 0.15) is 12.5 Å². The average molecular weight is 357 g/mol. The molecule has 3 aromatic rings. The minimum Gasteiger partial charge on any atom is -0.496 e. The Labute approximate surface area is 150 Å². The van der Waals surface area contributed by atoms with Crippen LogP contribution in [-0.2, 0) is 11.4 Å². The van der Waals surface area contributed by atoms with Crippen molar-refractivity contribution in [1.29, 1.82) is 0 Å². The predicted octanol–water partition coefficient (Wildman–Crippen LogP) is 4.43. The molecular weight excluding hydrogens is 340 g/mol. The second-order valence-corrected chi connectivity index (χ2v) is 5.81. The van der Waals surface area contributed by atoms with Crippen molar-refractivity contribution in [2.24, 2.45) is 0 Å². The third-order valence-electron chi connectivity index (χ3n) is 3.74. The van der Waals surface area contributed by atoms with E-state index in [9.17, 15) is 4.79 Å². The first-order chi connectivity index (χ1) is 12.1. The standard InChI is InChI=1S/C19H17ClN2O3/c1-12(23)22-16-6-7-17(24-2)15(19(16)20)11-25-18-5-3-4-13-10-21-9-8-14(13)18/h3-10H,11H2,1-2H3,(H,22,23). The summed E-state index contributed by atoms with van der Waals surface area (Å²) in [7, 11) is 1.57. The van der Waals surface area contributed by atoms with Crippen LogP contribution in [0.4, 0.5) is 5.69 Å². The maximum Gasteiger partial charge on any atom is 0.221 e. The van der Waals surface area contributed by atoms with E-state index in [2.05, 4.69) is 10.3 Å². The highest BCUT2D eigenvalue weighted by molar-refractivity contribution is 6.34. The molecule has 3 rings (SSSR count). The second-order valence-electron chi connectivity index (χ2n) is 5.43. The highest BCUT2D eigenvalue weighted by atomic mass is 35.5. The van der Waals surface area contributed by atoms with Gasteiger partial charge in [0.2, 0.25) is 5.91 Å². The number of halogens is 1. The van der Waals surface area contributed by atoms with Gasteiger partial charge in [0.1, 0.15) is 18.1 Å². The van der Waals surface area contributed by atoms with Gasteiger partial charge in [-0.05, 0) is 24.3 Å². The van der Waals surface area contributed by atoms with Crippen LogP contribution in [0.15, 0.2) is 48.8 Å². The van der Waals surface area contributed by atoms with E-state index in [0.29, 0.717) is 22.0 Å². The van der Waals surface area contributed by atoms with Crippen LogP contribution in [0, 0.1) is 0 Å². The lowest BCUT2D eigenvalue weighted by molar-refractivity contribution is -0.114.